The number of carbonyl (C=O) groups is 1. The fourth-order valence-corrected chi connectivity index (χ4v) is 1.36. The minimum atomic E-state index is 0.0234. The molecule has 1 saturated carbocycles. The Morgan fingerprint density at radius 3 is 2.80 bits per heavy atom. The molecule has 88 valence electrons. The molecule has 0 saturated heterocycles. The second-order valence-electron chi connectivity index (χ2n) is 4.01. The van der Waals surface area contributed by atoms with Gasteiger partial charge in [0.05, 0.1) is 0 Å². The van der Waals surface area contributed by atoms with Crippen molar-refractivity contribution in [1.29, 1.82) is 0 Å². The van der Waals surface area contributed by atoms with Crippen molar-refractivity contribution in [3.63, 3.8) is 0 Å². The van der Waals surface area contributed by atoms with Crippen molar-refractivity contribution in [2.24, 2.45) is 5.73 Å². The molecular formula is C10H21N3O2. The van der Waals surface area contributed by atoms with Gasteiger partial charge in [-0.2, -0.15) is 0 Å². The maximum Gasteiger partial charge on any atom is 0.221 e. The van der Waals surface area contributed by atoms with Gasteiger partial charge in [-0.1, -0.05) is 0 Å². The van der Waals surface area contributed by atoms with Gasteiger partial charge in [0.15, 0.2) is 0 Å². The number of amides is 1. The maximum absolute atomic E-state index is 11.4. The smallest absolute Gasteiger partial charge is 0.221 e. The highest BCUT2D eigenvalue weighted by Crippen LogP contribution is 2.18. The number of hydrogen-bond acceptors (Lipinski definition) is 4. The van der Waals surface area contributed by atoms with Crippen LogP contribution in [-0.4, -0.2) is 42.8 Å². The molecule has 1 atom stereocenters. The average molecular weight is 215 g/mol. The Hall–Kier alpha value is -0.650. The summed E-state index contributed by atoms with van der Waals surface area (Å²) in [5.74, 6) is 0.0736. The lowest BCUT2D eigenvalue weighted by molar-refractivity contribution is -0.121. The van der Waals surface area contributed by atoms with Gasteiger partial charge in [0.2, 0.25) is 5.91 Å². The Labute approximate surface area is 90.4 Å². The third kappa shape index (κ3) is 5.71. The van der Waals surface area contributed by atoms with Gasteiger partial charge in [0.1, 0.15) is 0 Å². The third-order valence-electron chi connectivity index (χ3n) is 2.43. The average Bonchev–Trinajstić information content (AvgIpc) is 3.00. The minimum Gasteiger partial charge on any atom is -0.396 e. The van der Waals surface area contributed by atoms with E-state index in [-0.39, 0.29) is 18.6 Å². The first-order valence-corrected chi connectivity index (χ1v) is 5.60. The number of carbonyl (C=O) groups excluding carboxylic acids is 1. The Balaban J connectivity index is 2.10. The number of nitrogens with one attached hydrogen (secondary N) is 2. The summed E-state index contributed by atoms with van der Waals surface area (Å²) < 4.78 is 0. The minimum absolute atomic E-state index is 0.0234. The van der Waals surface area contributed by atoms with Crippen LogP contribution >= 0.6 is 0 Å². The first-order chi connectivity index (χ1) is 7.26. The summed E-state index contributed by atoms with van der Waals surface area (Å²) in [6.07, 6.45) is 3.34. The van der Waals surface area contributed by atoms with Crippen molar-refractivity contribution >= 4 is 5.91 Å². The predicted octanol–water partition coefficient (Wildman–Crippen LogP) is -1.05. The topological polar surface area (TPSA) is 87.4 Å². The molecule has 1 amide bonds. The summed E-state index contributed by atoms with van der Waals surface area (Å²) in [6.45, 7) is 1.32. The Morgan fingerprint density at radius 1 is 1.53 bits per heavy atom. The van der Waals surface area contributed by atoms with Gasteiger partial charge in [-0.15, -0.1) is 0 Å². The molecule has 1 fully saturated rings. The normalized spacial score (nSPS) is 17.5. The zero-order valence-electron chi connectivity index (χ0n) is 9.04. The summed E-state index contributed by atoms with van der Waals surface area (Å²) in [7, 11) is 0. The lowest BCUT2D eigenvalue weighted by atomic mass is 10.2. The lowest BCUT2D eigenvalue weighted by Gasteiger charge is -2.15. The fraction of sp³-hybridized carbons (Fsp3) is 0.900. The molecule has 5 N–H and O–H groups in total. The van der Waals surface area contributed by atoms with Crippen LogP contribution in [0.15, 0.2) is 0 Å². The van der Waals surface area contributed by atoms with Crippen LogP contribution in [0.5, 0.6) is 0 Å². The van der Waals surface area contributed by atoms with Gasteiger partial charge in [0.25, 0.3) is 0 Å². The van der Waals surface area contributed by atoms with Gasteiger partial charge in [-0.3, -0.25) is 4.79 Å². The predicted molar refractivity (Wildman–Crippen MR) is 58.3 cm³/mol. The second-order valence-corrected chi connectivity index (χ2v) is 4.01. The number of rotatable bonds is 8. The number of hydrogen-bond donors (Lipinski definition) is 4. The summed E-state index contributed by atoms with van der Waals surface area (Å²) in [5.41, 5.74) is 5.54. The quantitative estimate of drug-likeness (QED) is 0.389. The van der Waals surface area contributed by atoms with Gasteiger partial charge in [-0.25, -0.2) is 0 Å². The van der Waals surface area contributed by atoms with Gasteiger partial charge in [0, 0.05) is 31.7 Å². The van der Waals surface area contributed by atoms with Gasteiger partial charge >= 0.3 is 0 Å². The molecule has 5 nitrogen and oxygen atoms in total. The molecule has 0 aromatic carbocycles. The highest BCUT2D eigenvalue weighted by atomic mass is 16.3. The molecule has 0 spiro atoms. The third-order valence-corrected chi connectivity index (χ3v) is 2.43. The molecule has 1 unspecified atom stereocenters. The Morgan fingerprint density at radius 2 is 2.27 bits per heavy atom. The highest BCUT2D eigenvalue weighted by molar-refractivity contribution is 5.77. The van der Waals surface area contributed by atoms with E-state index in [4.69, 9.17) is 10.8 Å². The molecule has 0 radical (unpaired) electrons. The van der Waals surface area contributed by atoms with E-state index in [2.05, 4.69) is 10.6 Å². The number of aliphatic hydroxyl groups excluding tert-OH is 1. The van der Waals surface area contributed by atoms with E-state index >= 15 is 0 Å². The molecular weight excluding hydrogens is 194 g/mol. The van der Waals surface area contributed by atoms with Crippen molar-refractivity contribution in [3.05, 3.63) is 0 Å². The SMILES string of the molecule is NCC(CC(=O)NC1CC1)NCCCO. The fourth-order valence-electron chi connectivity index (χ4n) is 1.36. The van der Waals surface area contributed by atoms with Crippen LogP contribution in [0.2, 0.25) is 0 Å². The highest BCUT2D eigenvalue weighted by Gasteiger charge is 2.24. The van der Waals surface area contributed by atoms with E-state index < -0.39 is 0 Å². The van der Waals surface area contributed by atoms with Gasteiger partial charge in [-0.05, 0) is 25.8 Å². The van der Waals surface area contributed by atoms with E-state index in [1.54, 1.807) is 0 Å². The molecule has 1 aliphatic carbocycles. The van der Waals surface area contributed by atoms with E-state index in [1.807, 2.05) is 0 Å². The first kappa shape index (κ1) is 12.4. The van der Waals surface area contributed by atoms with Crippen LogP contribution in [0.3, 0.4) is 0 Å². The molecule has 0 aromatic heterocycles. The van der Waals surface area contributed by atoms with Crippen molar-refractivity contribution in [3.8, 4) is 0 Å². The number of nitrogens with two attached hydrogens (primary N) is 1. The molecule has 1 rings (SSSR count). The zero-order valence-corrected chi connectivity index (χ0v) is 9.04. The van der Waals surface area contributed by atoms with E-state index in [0.717, 1.165) is 12.8 Å². The molecule has 0 aliphatic heterocycles. The molecule has 5 heteroatoms. The second kappa shape index (κ2) is 6.76. The van der Waals surface area contributed by atoms with Crippen molar-refractivity contribution < 1.29 is 9.90 Å². The maximum atomic E-state index is 11.4. The molecule has 0 heterocycles. The van der Waals surface area contributed by atoms with Crippen molar-refractivity contribution in [1.82, 2.24) is 10.6 Å². The van der Waals surface area contributed by atoms with Crippen LogP contribution in [0.25, 0.3) is 0 Å². The van der Waals surface area contributed by atoms with Crippen molar-refractivity contribution in [2.45, 2.75) is 37.8 Å². The van der Waals surface area contributed by atoms with Crippen LogP contribution in [-0.2, 0) is 4.79 Å². The summed E-state index contributed by atoms with van der Waals surface area (Å²) >= 11 is 0. The number of aliphatic hydroxyl groups is 1. The summed E-state index contributed by atoms with van der Waals surface area (Å²) in [5, 5.41) is 14.7. The monoisotopic (exact) mass is 215 g/mol. The molecule has 0 bridgehead atoms. The zero-order chi connectivity index (χ0) is 11.1. The van der Waals surface area contributed by atoms with E-state index in [0.29, 0.717) is 32.0 Å². The van der Waals surface area contributed by atoms with Crippen LogP contribution < -0.4 is 16.4 Å². The molecule has 15 heavy (non-hydrogen) atoms. The van der Waals surface area contributed by atoms with E-state index in [1.165, 1.54) is 0 Å². The van der Waals surface area contributed by atoms with Crippen LogP contribution in [0.1, 0.15) is 25.7 Å². The standard InChI is InChI=1S/C10H21N3O2/c11-7-9(12-4-1-5-14)6-10(15)13-8-2-3-8/h8-9,12,14H,1-7,11H2,(H,13,15). The van der Waals surface area contributed by atoms with Gasteiger partial charge < -0.3 is 21.5 Å². The van der Waals surface area contributed by atoms with Crippen LogP contribution in [0, 0.1) is 0 Å². The molecule has 0 aromatic rings. The largest absolute Gasteiger partial charge is 0.396 e. The van der Waals surface area contributed by atoms with Crippen LogP contribution in [0.4, 0.5) is 0 Å². The summed E-state index contributed by atoms with van der Waals surface area (Å²) in [4.78, 5) is 11.4. The lowest BCUT2D eigenvalue weighted by Crippen LogP contribution is -2.41. The Bertz CT molecular complexity index is 195. The first-order valence-electron chi connectivity index (χ1n) is 5.60. The summed E-state index contributed by atoms with van der Waals surface area (Å²) in [6, 6.07) is 0.434. The Kier molecular flexibility index (Phi) is 5.60. The molecule has 1 aliphatic rings. The van der Waals surface area contributed by atoms with Crippen molar-refractivity contribution in [2.75, 3.05) is 19.7 Å². The van der Waals surface area contributed by atoms with E-state index in [9.17, 15) is 4.79 Å².